The van der Waals surface area contributed by atoms with Gasteiger partial charge in [0.1, 0.15) is 11.9 Å². The quantitative estimate of drug-likeness (QED) is 0.910. The highest BCUT2D eigenvalue weighted by molar-refractivity contribution is 5.97. The molecule has 1 aliphatic heterocycles. The van der Waals surface area contributed by atoms with Crippen LogP contribution < -0.4 is 5.32 Å². The van der Waals surface area contributed by atoms with E-state index in [1.165, 1.54) is 18.2 Å². The van der Waals surface area contributed by atoms with E-state index in [0.29, 0.717) is 19.5 Å². The van der Waals surface area contributed by atoms with Crippen molar-refractivity contribution in [1.29, 1.82) is 0 Å². The smallest absolute Gasteiger partial charge is 0.254 e. The first-order valence-electron chi connectivity index (χ1n) is 8.53. The molecule has 2 amide bonds. The molecule has 0 saturated carbocycles. The van der Waals surface area contributed by atoms with Crippen LogP contribution in [0.2, 0.25) is 0 Å². The lowest BCUT2D eigenvalue weighted by atomic mass is 10.0. The molecule has 0 unspecified atom stereocenters. The Kier molecular flexibility index (Phi) is 5.43. The fourth-order valence-electron chi connectivity index (χ4n) is 3.09. The highest BCUT2D eigenvalue weighted by atomic mass is 19.1. The van der Waals surface area contributed by atoms with Crippen LogP contribution in [0, 0.1) is 5.82 Å². The van der Waals surface area contributed by atoms with Gasteiger partial charge < -0.3 is 10.2 Å². The summed E-state index contributed by atoms with van der Waals surface area (Å²) < 4.78 is 13.9. The standard InChI is InChI=1S/C20H21FN2O2/c21-17-11-5-4-10-16(17)19(24)22-18(14-15-8-2-1-3-9-15)20(25)23-12-6-7-13-23/h1-5,8-11,18H,6-7,12-14H2,(H,22,24)/t18-/m1/s1. The molecular formula is C20H21FN2O2. The van der Waals surface area contributed by atoms with Gasteiger partial charge in [0.15, 0.2) is 0 Å². The Morgan fingerprint density at radius 2 is 1.64 bits per heavy atom. The Bertz CT molecular complexity index is 742. The maximum absolute atomic E-state index is 13.9. The van der Waals surface area contributed by atoms with Crippen molar-refractivity contribution in [2.75, 3.05) is 13.1 Å². The number of hydrogen-bond acceptors (Lipinski definition) is 2. The molecule has 0 aliphatic carbocycles. The number of halogens is 1. The second-order valence-electron chi connectivity index (χ2n) is 6.23. The van der Waals surface area contributed by atoms with Crippen LogP contribution >= 0.6 is 0 Å². The van der Waals surface area contributed by atoms with Crippen molar-refractivity contribution in [3.05, 3.63) is 71.5 Å². The first-order chi connectivity index (χ1) is 12.1. The van der Waals surface area contributed by atoms with Crippen LogP contribution in [0.15, 0.2) is 54.6 Å². The van der Waals surface area contributed by atoms with Crippen molar-refractivity contribution >= 4 is 11.8 Å². The van der Waals surface area contributed by atoms with E-state index in [1.54, 1.807) is 11.0 Å². The highest BCUT2D eigenvalue weighted by Gasteiger charge is 2.28. The molecule has 1 aliphatic rings. The van der Waals surface area contributed by atoms with Crippen LogP contribution in [-0.2, 0) is 11.2 Å². The first-order valence-corrected chi connectivity index (χ1v) is 8.53. The molecule has 0 bridgehead atoms. The Morgan fingerprint density at radius 1 is 1.00 bits per heavy atom. The van der Waals surface area contributed by atoms with Crippen molar-refractivity contribution in [3.8, 4) is 0 Å². The van der Waals surface area contributed by atoms with Gasteiger partial charge in [-0.25, -0.2) is 4.39 Å². The van der Waals surface area contributed by atoms with E-state index in [1.807, 2.05) is 30.3 Å². The minimum Gasteiger partial charge on any atom is -0.341 e. The van der Waals surface area contributed by atoms with Crippen LogP contribution in [0.4, 0.5) is 4.39 Å². The maximum Gasteiger partial charge on any atom is 0.254 e. The minimum atomic E-state index is -0.701. The van der Waals surface area contributed by atoms with Gasteiger partial charge in [-0.05, 0) is 30.5 Å². The Balaban J connectivity index is 1.79. The highest BCUT2D eigenvalue weighted by Crippen LogP contribution is 2.13. The number of nitrogens with zero attached hydrogens (tertiary/aromatic N) is 1. The molecule has 3 rings (SSSR count). The number of likely N-dealkylation sites (tertiary alicyclic amines) is 1. The van der Waals surface area contributed by atoms with E-state index < -0.39 is 17.8 Å². The molecule has 4 nitrogen and oxygen atoms in total. The number of nitrogens with one attached hydrogen (secondary N) is 1. The van der Waals surface area contributed by atoms with Gasteiger partial charge in [-0.1, -0.05) is 42.5 Å². The van der Waals surface area contributed by atoms with Crippen LogP contribution in [0.1, 0.15) is 28.8 Å². The van der Waals surface area contributed by atoms with Gasteiger partial charge in [0, 0.05) is 19.5 Å². The summed E-state index contributed by atoms with van der Waals surface area (Å²) in [6, 6.07) is 14.6. The molecule has 1 N–H and O–H groups in total. The summed E-state index contributed by atoms with van der Waals surface area (Å²) in [5.74, 6) is -1.26. The summed E-state index contributed by atoms with van der Waals surface area (Å²) in [5, 5.41) is 2.73. The van der Waals surface area contributed by atoms with Gasteiger partial charge in [-0.15, -0.1) is 0 Å². The van der Waals surface area contributed by atoms with Crippen molar-refractivity contribution in [3.63, 3.8) is 0 Å². The molecule has 2 aromatic rings. The molecule has 1 atom stereocenters. The zero-order valence-corrected chi connectivity index (χ0v) is 14.0. The van der Waals surface area contributed by atoms with Crippen LogP contribution in [0.5, 0.6) is 0 Å². The van der Waals surface area contributed by atoms with E-state index in [2.05, 4.69) is 5.32 Å². The van der Waals surface area contributed by atoms with E-state index >= 15 is 0 Å². The SMILES string of the molecule is O=C(N[C@H](Cc1ccccc1)C(=O)N1CCCC1)c1ccccc1F. The molecule has 0 aromatic heterocycles. The summed E-state index contributed by atoms with van der Waals surface area (Å²) in [4.78, 5) is 27.1. The largest absolute Gasteiger partial charge is 0.341 e. The number of carbonyl (C=O) groups excluding carboxylic acids is 2. The van der Waals surface area contributed by atoms with Gasteiger partial charge in [-0.3, -0.25) is 9.59 Å². The zero-order valence-electron chi connectivity index (χ0n) is 14.0. The zero-order chi connectivity index (χ0) is 17.6. The second kappa shape index (κ2) is 7.92. The van der Waals surface area contributed by atoms with Crippen LogP contribution in [0.25, 0.3) is 0 Å². The third kappa shape index (κ3) is 4.24. The minimum absolute atomic E-state index is 0.0465. The molecule has 0 radical (unpaired) electrons. The third-order valence-corrected chi connectivity index (χ3v) is 4.42. The number of rotatable bonds is 5. The Labute approximate surface area is 146 Å². The molecular weight excluding hydrogens is 319 g/mol. The summed E-state index contributed by atoms with van der Waals surface area (Å²) in [7, 11) is 0. The van der Waals surface area contributed by atoms with Crippen LogP contribution in [0.3, 0.4) is 0 Å². The average Bonchev–Trinajstić information content (AvgIpc) is 3.16. The predicted octanol–water partition coefficient (Wildman–Crippen LogP) is 2.79. The predicted molar refractivity (Wildman–Crippen MR) is 93.6 cm³/mol. The molecule has 1 saturated heterocycles. The Hall–Kier alpha value is -2.69. The summed E-state index contributed by atoms with van der Waals surface area (Å²) in [5.41, 5.74) is 0.906. The first kappa shape index (κ1) is 17.1. The van der Waals surface area contributed by atoms with E-state index in [-0.39, 0.29) is 11.5 Å². The molecule has 130 valence electrons. The number of hydrogen-bond donors (Lipinski definition) is 1. The topological polar surface area (TPSA) is 49.4 Å². The molecule has 5 heteroatoms. The molecule has 0 spiro atoms. The summed E-state index contributed by atoms with van der Waals surface area (Å²) in [6.07, 6.45) is 2.34. The van der Waals surface area contributed by atoms with Gasteiger partial charge in [0.25, 0.3) is 5.91 Å². The van der Waals surface area contributed by atoms with Crippen LogP contribution in [-0.4, -0.2) is 35.8 Å². The lowest BCUT2D eigenvalue weighted by Crippen LogP contribution is -2.49. The monoisotopic (exact) mass is 340 g/mol. The fraction of sp³-hybridized carbons (Fsp3) is 0.300. The van der Waals surface area contributed by atoms with E-state index in [0.717, 1.165) is 18.4 Å². The van der Waals surface area contributed by atoms with Crippen molar-refractivity contribution in [2.45, 2.75) is 25.3 Å². The summed E-state index contributed by atoms with van der Waals surface area (Å²) in [6.45, 7) is 1.42. The van der Waals surface area contributed by atoms with Gasteiger partial charge in [-0.2, -0.15) is 0 Å². The van der Waals surface area contributed by atoms with E-state index in [9.17, 15) is 14.0 Å². The second-order valence-corrected chi connectivity index (χ2v) is 6.23. The van der Waals surface area contributed by atoms with Gasteiger partial charge in [0.05, 0.1) is 5.56 Å². The number of carbonyl (C=O) groups is 2. The lowest BCUT2D eigenvalue weighted by Gasteiger charge is -2.24. The molecule has 1 fully saturated rings. The summed E-state index contributed by atoms with van der Waals surface area (Å²) >= 11 is 0. The van der Waals surface area contributed by atoms with Crippen molar-refractivity contribution < 1.29 is 14.0 Å². The normalized spacial score (nSPS) is 15.0. The molecule has 2 aromatic carbocycles. The Morgan fingerprint density at radius 3 is 2.32 bits per heavy atom. The average molecular weight is 340 g/mol. The van der Waals surface area contributed by atoms with Gasteiger partial charge >= 0.3 is 0 Å². The van der Waals surface area contributed by atoms with E-state index in [4.69, 9.17) is 0 Å². The fourth-order valence-corrected chi connectivity index (χ4v) is 3.09. The maximum atomic E-state index is 13.9. The molecule has 1 heterocycles. The molecule has 25 heavy (non-hydrogen) atoms. The lowest BCUT2D eigenvalue weighted by molar-refractivity contribution is -0.132. The number of amides is 2. The third-order valence-electron chi connectivity index (χ3n) is 4.42. The number of benzene rings is 2. The van der Waals surface area contributed by atoms with Gasteiger partial charge in [0.2, 0.25) is 5.91 Å². The van der Waals surface area contributed by atoms with Crippen molar-refractivity contribution in [2.24, 2.45) is 0 Å². The van der Waals surface area contributed by atoms with Crippen molar-refractivity contribution in [1.82, 2.24) is 10.2 Å².